The number of hydrogen-bond acceptors (Lipinski definition) is 1. The van der Waals surface area contributed by atoms with Crippen molar-refractivity contribution in [2.75, 3.05) is 12.5 Å². The van der Waals surface area contributed by atoms with E-state index in [0.29, 0.717) is 5.41 Å². The maximum atomic E-state index is 5.90. The smallest absolute Gasteiger partial charge is 0.0716 e. The lowest BCUT2D eigenvalue weighted by Gasteiger charge is -2.10. The molecule has 1 aromatic rings. The Kier molecular flexibility index (Phi) is 3.66. The summed E-state index contributed by atoms with van der Waals surface area (Å²) in [5.74, 6) is 0.793. The molecule has 1 fully saturated rings. The molecule has 1 aliphatic carbocycles. The molecular formula is C13H17ClO. The minimum Gasteiger partial charge on any atom is -0.377 e. The first-order valence-electron chi connectivity index (χ1n) is 5.52. The summed E-state index contributed by atoms with van der Waals surface area (Å²) >= 11 is 5.90. The van der Waals surface area contributed by atoms with Crippen molar-refractivity contribution < 1.29 is 4.74 Å². The fourth-order valence-corrected chi connectivity index (χ4v) is 2.08. The molecule has 1 saturated carbocycles. The number of benzene rings is 1. The van der Waals surface area contributed by atoms with E-state index in [0.717, 1.165) is 25.5 Å². The third-order valence-corrected chi connectivity index (χ3v) is 3.70. The van der Waals surface area contributed by atoms with Crippen molar-refractivity contribution in [1.82, 2.24) is 0 Å². The van der Waals surface area contributed by atoms with E-state index in [-0.39, 0.29) is 0 Å². The summed E-state index contributed by atoms with van der Waals surface area (Å²) < 4.78 is 5.64. The van der Waals surface area contributed by atoms with Gasteiger partial charge in [0.25, 0.3) is 0 Å². The van der Waals surface area contributed by atoms with Gasteiger partial charge < -0.3 is 4.74 Å². The predicted molar refractivity (Wildman–Crippen MR) is 63.1 cm³/mol. The zero-order valence-electron chi connectivity index (χ0n) is 8.92. The van der Waals surface area contributed by atoms with Gasteiger partial charge in [0, 0.05) is 12.5 Å². The lowest BCUT2D eigenvalue weighted by atomic mass is 10.1. The Morgan fingerprint density at radius 1 is 1.20 bits per heavy atom. The summed E-state index contributed by atoms with van der Waals surface area (Å²) in [4.78, 5) is 0. The number of hydrogen-bond donors (Lipinski definition) is 0. The van der Waals surface area contributed by atoms with E-state index in [1.165, 1.54) is 18.4 Å². The van der Waals surface area contributed by atoms with Crippen LogP contribution in [0.4, 0.5) is 0 Å². The molecule has 0 bridgehead atoms. The van der Waals surface area contributed by atoms with E-state index in [1.54, 1.807) is 0 Å². The standard InChI is InChI=1S/C13H17ClO/c14-11-13(6-7-13)8-9-15-10-12-4-2-1-3-5-12/h1-5H,6-11H2. The van der Waals surface area contributed by atoms with Gasteiger partial charge in [-0.15, -0.1) is 11.6 Å². The molecule has 0 radical (unpaired) electrons. The summed E-state index contributed by atoms with van der Waals surface area (Å²) in [6.45, 7) is 1.56. The monoisotopic (exact) mass is 224 g/mol. The van der Waals surface area contributed by atoms with Gasteiger partial charge in [0.05, 0.1) is 6.61 Å². The second kappa shape index (κ2) is 5.00. The fraction of sp³-hybridized carbons (Fsp3) is 0.538. The predicted octanol–water partition coefficient (Wildman–Crippen LogP) is 3.61. The van der Waals surface area contributed by atoms with E-state index < -0.39 is 0 Å². The largest absolute Gasteiger partial charge is 0.377 e. The van der Waals surface area contributed by atoms with E-state index >= 15 is 0 Å². The third-order valence-electron chi connectivity index (χ3n) is 3.13. The highest BCUT2D eigenvalue weighted by Gasteiger charge is 2.40. The van der Waals surface area contributed by atoms with Gasteiger partial charge in [-0.1, -0.05) is 30.3 Å². The summed E-state index contributed by atoms with van der Waals surface area (Å²) in [7, 11) is 0. The molecule has 1 nitrogen and oxygen atoms in total. The average molecular weight is 225 g/mol. The second-order valence-electron chi connectivity index (χ2n) is 4.42. The first-order chi connectivity index (χ1) is 7.35. The maximum absolute atomic E-state index is 5.90. The van der Waals surface area contributed by atoms with Gasteiger partial charge >= 0.3 is 0 Å². The fourth-order valence-electron chi connectivity index (χ4n) is 1.68. The molecule has 0 amide bonds. The summed E-state index contributed by atoms with van der Waals surface area (Å²) in [5, 5.41) is 0. The highest BCUT2D eigenvalue weighted by Crippen LogP contribution is 2.49. The Morgan fingerprint density at radius 2 is 1.93 bits per heavy atom. The Labute approximate surface area is 96.4 Å². The van der Waals surface area contributed by atoms with E-state index in [9.17, 15) is 0 Å². The Hall–Kier alpha value is -0.530. The highest BCUT2D eigenvalue weighted by atomic mass is 35.5. The Morgan fingerprint density at radius 3 is 2.53 bits per heavy atom. The topological polar surface area (TPSA) is 9.23 Å². The molecule has 2 rings (SSSR count). The van der Waals surface area contributed by atoms with Crippen LogP contribution in [0.15, 0.2) is 30.3 Å². The van der Waals surface area contributed by atoms with Gasteiger partial charge in [-0.2, -0.15) is 0 Å². The van der Waals surface area contributed by atoms with Crippen LogP contribution < -0.4 is 0 Å². The minimum absolute atomic E-state index is 0.429. The lowest BCUT2D eigenvalue weighted by molar-refractivity contribution is 0.106. The molecule has 0 aromatic heterocycles. The molecule has 0 atom stereocenters. The molecule has 1 aromatic carbocycles. The van der Waals surface area contributed by atoms with E-state index in [4.69, 9.17) is 16.3 Å². The van der Waals surface area contributed by atoms with Gasteiger partial charge in [-0.25, -0.2) is 0 Å². The van der Waals surface area contributed by atoms with Crippen molar-refractivity contribution in [2.24, 2.45) is 5.41 Å². The molecule has 15 heavy (non-hydrogen) atoms. The van der Waals surface area contributed by atoms with Gasteiger partial charge in [0.15, 0.2) is 0 Å². The van der Waals surface area contributed by atoms with E-state index in [2.05, 4.69) is 12.1 Å². The lowest BCUT2D eigenvalue weighted by Crippen LogP contribution is -2.07. The van der Waals surface area contributed by atoms with Crippen molar-refractivity contribution in [3.8, 4) is 0 Å². The number of alkyl halides is 1. The molecule has 2 heteroatoms. The molecule has 0 heterocycles. The summed E-state index contributed by atoms with van der Waals surface area (Å²) in [6.07, 6.45) is 3.68. The minimum atomic E-state index is 0.429. The van der Waals surface area contributed by atoms with Crippen molar-refractivity contribution in [3.63, 3.8) is 0 Å². The first-order valence-corrected chi connectivity index (χ1v) is 6.06. The van der Waals surface area contributed by atoms with Crippen LogP contribution in [-0.2, 0) is 11.3 Å². The normalized spacial score (nSPS) is 17.7. The van der Waals surface area contributed by atoms with Crippen LogP contribution in [-0.4, -0.2) is 12.5 Å². The number of rotatable bonds is 6. The molecule has 0 N–H and O–H groups in total. The number of ether oxygens (including phenoxy) is 1. The molecule has 0 spiro atoms. The molecule has 1 aliphatic rings. The maximum Gasteiger partial charge on any atom is 0.0716 e. The van der Waals surface area contributed by atoms with Crippen LogP contribution in [0.25, 0.3) is 0 Å². The molecular weight excluding hydrogens is 208 g/mol. The number of halogens is 1. The van der Waals surface area contributed by atoms with Crippen molar-refractivity contribution in [2.45, 2.75) is 25.9 Å². The van der Waals surface area contributed by atoms with Gasteiger partial charge in [-0.05, 0) is 30.2 Å². The molecule has 82 valence electrons. The zero-order valence-corrected chi connectivity index (χ0v) is 9.67. The van der Waals surface area contributed by atoms with Crippen molar-refractivity contribution >= 4 is 11.6 Å². The van der Waals surface area contributed by atoms with Crippen LogP contribution in [0, 0.1) is 5.41 Å². The summed E-state index contributed by atoms with van der Waals surface area (Å²) in [6, 6.07) is 10.3. The van der Waals surface area contributed by atoms with Crippen LogP contribution in [0.5, 0.6) is 0 Å². The van der Waals surface area contributed by atoms with Crippen LogP contribution in [0.2, 0.25) is 0 Å². The summed E-state index contributed by atoms with van der Waals surface area (Å²) in [5.41, 5.74) is 1.67. The van der Waals surface area contributed by atoms with Crippen LogP contribution in [0.3, 0.4) is 0 Å². The molecule has 0 unspecified atom stereocenters. The van der Waals surface area contributed by atoms with Gasteiger partial charge in [0.2, 0.25) is 0 Å². The SMILES string of the molecule is ClCC1(CCOCc2ccccc2)CC1. The molecule has 0 saturated heterocycles. The van der Waals surface area contributed by atoms with Crippen molar-refractivity contribution in [3.05, 3.63) is 35.9 Å². The van der Waals surface area contributed by atoms with Crippen LogP contribution >= 0.6 is 11.6 Å². The Bertz CT molecular complexity index is 293. The first kappa shape index (κ1) is 11.0. The second-order valence-corrected chi connectivity index (χ2v) is 4.69. The molecule has 0 aliphatic heterocycles. The van der Waals surface area contributed by atoms with Crippen molar-refractivity contribution in [1.29, 1.82) is 0 Å². The van der Waals surface area contributed by atoms with Gasteiger partial charge in [0.1, 0.15) is 0 Å². The highest BCUT2D eigenvalue weighted by molar-refractivity contribution is 6.18. The zero-order chi connectivity index (χ0) is 10.6. The van der Waals surface area contributed by atoms with Gasteiger partial charge in [-0.3, -0.25) is 0 Å². The quantitative estimate of drug-likeness (QED) is 0.530. The third kappa shape index (κ3) is 3.22. The Balaban J connectivity index is 1.63. The van der Waals surface area contributed by atoms with E-state index in [1.807, 2.05) is 18.2 Å². The average Bonchev–Trinajstić information content (AvgIpc) is 3.07. The van der Waals surface area contributed by atoms with Crippen LogP contribution in [0.1, 0.15) is 24.8 Å².